The molecule has 0 aromatic rings. The highest BCUT2D eigenvalue weighted by atomic mass is 24.3. The summed E-state index contributed by atoms with van der Waals surface area (Å²) in [4.78, 5) is 0. The van der Waals surface area contributed by atoms with E-state index in [-0.39, 0.29) is 28.7 Å². The van der Waals surface area contributed by atoms with Gasteiger partial charge in [-0.2, -0.15) is 0 Å². The van der Waals surface area contributed by atoms with Gasteiger partial charge in [0.15, 0.2) is 0 Å². The molecular formula is C6H12MgO. The summed E-state index contributed by atoms with van der Waals surface area (Å²) >= 11 is 0. The van der Waals surface area contributed by atoms with Crippen LogP contribution in [0.25, 0.3) is 0 Å². The molecule has 0 bridgehead atoms. The maximum atomic E-state index is 5.34. The van der Waals surface area contributed by atoms with Crippen molar-refractivity contribution in [3.05, 3.63) is 0 Å². The van der Waals surface area contributed by atoms with Gasteiger partial charge in [0.2, 0.25) is 0 Å². The first-order valence-corrected chi connectivity index (χ1v) is 2.85. The predicted molar refractivity (Wildman–Crippen MR) is 35.0 cm³/mol. The standard InChI is InChI=1S/C6H12O.Mg/c1-6(2)4-3-5-7-6;/h3-5H2,1-2H3;. The highest BCUT2D eigenvalue weighted by Gasteiger charge is 2.22. The largest absolute Gasteiger partial charge is 0.376 e. The summed E-state index contributed by atoms with van der Waals surface area (Å²) in [5, 5.41) is 0. The van der Waals surface area contributed by atoms with E-state index in [0.717, 1.165) is 6.61 Å². The van der Waals surface area contributed by atoms with Crippen LogP contribution in [0.2, 0.25) is 0 Å². The van der Waals surface area contributed by atoms with Crippen molar-refractivity contribution < 1.29 is 4.74 Å². The normalized spacial score (nSPS) is 24.8. The summed E-state index contributed by atoms with van der Waals surface area (Å²) in [7, 11) is 0. The van der Waals surface area contributed by atoms with Gasteiger partial charge in [0, 0.05) is 29.7 Å². The van der Waals surface area contributed by atoms with Crippen LogP contribution in [0.4, 0.5) is 0 Å². The molecule has 1 aliphatic rings. The molecule has 0 aromatic heterocycles. The molecule has 0 amide bonds. The van der Waals surface area contributed by atoms with Crippen LogP contribution in [0.5, 0.6) is 0 Å². The maximum Gasteiger partial charge on any atom is 0.0627 e. The molecule has 1 saturated heterocycles. The summed E-state index contributed by atoms with van der Waals surface area (Å²) in [6.07, 6.45) is 2.47. The quantitative estimate of drug-likeness (QED) is 0.441. The molecule has 0 aliphatic carbocycles. The van der Waals surface area contributed by atoms with Crippen LogP contribution in [0.1, 0.15) is 26.7 Å². The van der Waals surface area contributed by atoms with Crippen molar-refractivity contribution in [3.63, 3.8) is 0 Å². The van der Waals surface area contributed by atoms with E-state index in [9.17, 15) is 0 Å². The molecule has 1 nitrogen and oxygen atoms in total. The Bertz CT molecular complexity index is 62.9. The van der Waals surface area contributed by atoms with Crippen molar-refractivity contribution in [1.82, 2.24) is 0 Å². The molecule has 0 spiro atoms. The van der Waals surface area contributed by atoms with Gasteiger partial charge in [-0.1, -0.05) is 0 Å². The monoisotopic (exact) mass is 124 g/mol. The predicted octanol–water partition coefficient (Wildman–Crippen LogP) is 1.19. The first-order chi connectivity index (χ1) is 3.21. The maximum absolute atomic E-state index is 5.34. The van der Waals surface area contributed by atoms with E-state index in [1.807, 2.05) is 0 Å². The van der Waals surface area contributed by atoms with E-state index in [2.05, 4.69) is 13.8 Å². The van der Waals surface area contributed by atoms with E-state index < -0.39 is 0 Å². The zero-order valence-electron chi connectivity index (χ0n) is 5.74. The highest BCUT2D eigenvalue weighted by Crippen LogP contribution is 2.22. The number of rotatable bonds is 0. The second kappa shape index (κ2) is 3.04. The van der Waals surface area contributed by atoms with Gasteiger partial charge >= 0.3 is 0 Å². The molecule has 0 atom stereocenters. The Hall–Kier alpha value is 0.726. The Kier molecular flexibility index (Phi) is 3.31. The van der Waals surface area contributed by atoms with Gasteiger partial charge < -0.3 is 4.74 Å². The Morgan fingerprint density at radius 1 is 1.38 bits per heavy atom. The van der Waals surface area contributed by atoms with Gasteiger partial charge in [0.25, 0.3) is 0 Å². The first kappa shape index (κ1) is 8.73. The van der Waals surface area contributed by atoms with Crippen LogP contribution >= 0.6 is 0 Å². The topological polar surface area (TPSA) is 9.23 Å². The molecule has 0 aromatic carbocycles. The summed E-state index contributed by atoms with van der Waals surface area (Å²) < 4.78 is 5.34. The summed E-state index contributed by atoms with van der Waals surface area (Å²) in [5.74, 6) is 0. The Labute approximate surface area is 66.9 Å². The highest BCUT2D eigenvalue weighted by molar-refractivity contribution is 5.75. The second-order valence-corrected chi connectivity index (χ2v) is 2.71. The summed E-state index contributed by atoms with van der Waals surface area (Å²) in [6.45, 7) is 5.24. The molecule has 1 heterocycles. The molecule has 0 saturated carbocycles. The van der Waals surface area contributed by atoms with Gasteiger partial charge in [-0.05, 0) is 26.7 Å². The Morgan fingerprint density at radius 2 is 2.00 bits per heavy atom. The Balaban J connectivity index is 0.000000490. The smallest absolute Gasteiger partial charge is 0.0627 e. The minimum absolute atomic E-state index is 0. The fourth-order valence-corrected chi connectivity index (χ4v) is 0.919. The fraction of sp³-hybridized carbons (Fsp3) is 1.00. The molecule has 2 radical (unpaired) electrons. The van der Waals surface area contributed by atoms with E-state index in [1.54, 1.807) is 0 Å². The van der Waals surface area contributed by atoms with Crippen LogP contribution < -0.4 is 0 Å². The third-order valence-electron chi connectivity index (χ3n) is 1.42. The van der Waals surface area contributed by atoms with E-state index in [0.29, 0.717) is 0 Å². The molecule has 1 rings (SSSR count). The van der Waals surface area contributed by atoms with Crippen LogP contribution in [0.3, 0.4) is 0 Å². The molecular weight excluding hydrogens is 112 g/mol. The van der Waals surface area contributed by atoms with Crippen LogP contribution in [-0.2, 0) is 4.74 Å². The second-order valence-electron chi connectivity index (χ2n) is 2.71. The van der Waals surface area contributed by atoms with Crippen molar-refractivity contribution in [2.75, 3.05) is 6.61 Å². The lowest BCUT2D eigenvalue weighted by Gasteiger charge is -2.14. The van der Waals surface area contributed by atoms with Crippen molar-refractivity contribution in [1.29, 1.82) is 0 Å². The van der Waals surface area contributed by atoms with Crippen LogP contribution in [0, 0.1) is 0 Å². The SMILES string of the molecule is CC1(C)CCCO1.[Mg]. The molecule has 44 valence electrons. The zero-order chi connectivity index (χ0) is 5.33. The van der Waals surface area contributed by atoms with Crippen LogP contribution in [-0.4, -0.2) is 35.3 Å². The lowest BCUT2D eigenvalue weighted by atomic mass is 10.1. The molecule has 2 heteroatoms. The minimum Gasteiger partial charge on any atom is -0.376 e. The van der Waals surface area contributed by atoms with E-state index in [4.69, 9.17) is 4.74 Å². The third-order valence-corrected chi connectivity index (χ3v) is 1.42. The third kappa shape index (κ3) is 2.33. The van der Waals surface area contributed by atoms with Gasteiger partial charge in [-0.15, -0.1) is 0 Å². The number of ether oxygens (including phenoxy) is 1. The van der Waals surface area contributed by atoms with Crippen LogP contribution in [0.15, 0.2) is 0 Å². The molecule has 0 unspecified atom stereocenters. The lowest BCUT2D eigenvalue weighted by molar-refractivity contribution is 0.0367. The zero-order valence-corrected chi connectivity index (χ0v) is 7.15. The first-order valence-electron chi connectivity index (χ1n) is 2.85. The van der Waals surface area contributed by atoms with Gasteiger partial charge in [-0.3, -0.25) is 0 Å². The molecule has 8 heavy (non-hydrogen) atoms. The average molecular weight is 124 g/mol. The Morgan fingerprint density at radius 3 is 2.12 bits per heavy atom. The van der Waals surface area contributed by atoms with Crippen molar-refractivity contribution in [2.24, 2.45) is 0 Å². The van der Waals surface area contributed by atoms with Crippen molar-refractivity contribution in [3.8, 4) is 0 Å². The molecule has 1 aliphatic heterocycles. The number of hydrogen-bond acceptors (Lipinski definition) is 1. The van der Waals surface area contributed by atoms with Gasteiger partial charge in [-0.25, -0.2) is 0 Å². The van der Waals surface area contributed by atoms with Crippen molar-refractivity contribution in [2.45, 2.75) is 32.3 Å². The van der Waals surface area contributed by atoms with Crippen molar-refractivity contribution >= 4 is 23.1 Å². The summed E-state index contributed by atoms with van der Waals surface area (Å²) in [5.41, 5.74) is 0.194. The van der Waals surface area contributed by atoms with E-state index in [1.165, 1.54) is 12.8 Å². The molecule has 1 fully saturated rings. The minimum atomic E-state index is 0. The van der Waals surface area contributed by atoms with E-state index >= 15 is 0 Å². The fourth-order valence-electron chi connectivity index (χ4n) is 0.919. The average Bonchev–Trinajstić information content (AvgIpc) is 1.84. The van der Waals surface area contributed by atoms with Gasteiger partial charge in [0.05, 0.1) is 5.60 Å². The number of hydrogen-bond donors (Lipinski definition) is 0. The molecule has 0 N–H and O–H groups in total. The van der Waals surface area contributed by atoms with Gasteiger partial charge in [0.1, 0.15) is 0 Å². The lowest BCUT2D eigenvalue weighted by Crippen LogP contribution is -2.15. The summed E-state index contributed by atoms with van der Waals surface area (Å²) in [6, 6.07) is 0.